The SMILES string of the molecule is NC(=O)[C@H](C(=O)Nc1ccc(N2CCOCC2=O)cc1C(F)F)N(CC(F)F)CC(F)F. The fraction of sp³-hybridized carbons (Fsp3) is 0.500. The van der Waals surface area contributed by atoms with Crippen LogP contribution >= 0.6 is 0 Å². The molecule has 0 aromatic heterocycles. The maximum atomic E-state index is 13.6. The third-order valence-corrected chi connectivity index (χ3v) is 4.45. The summed E-state index contributed by atoms with van der Waals surface area (Å²) in [5.74, 6) is -3.43. The molecule has 0 spiro atoms. The zero-order valence-corrected chi connectivity index (χ0v) is 16.4. The van der Waals surface area contributed by atoms with Crippen LogP contribution in [0, 0.1) is 0 Å². The van der Waals surface area contributed by atoms with Gasteiger partial charge in [-0.05, 0) is 18.2 Å². The van der Waals surface area contributed by atoms with E-state index in [-0.39, 0.29) is 30.3 Å². The molecule has 1 aliphatic heterocycles. The number of hydrogen-bond donors (Lipinski definition) is 2. The monoisotopic (exact) mass is 470 g/mol. The first-order valence-electron chi connectivity index (χ1n) is 9.22. The fourth-order valence-corrected chi connectivity index (χ4v) is 3.12. The molecule has 0 unspecified atom stereocenters. The molecule has 3 amide bonds. The van der Waals surface area contributed by atoms with Crippen molar-refractivity contribution in [2.45, 2.75) is 25.3 Å². The lowest BCUT2D eigenvalue weighted by Crippen LogP contribution is -2.54. The van der Waals surface area contributed by atoms with E-state index in [2.05, 4.69) is 0 Å². The summed E-state index contributed by atoms with van der Waals surface area (Å²) >= 11 is 0. The van der Waals surface area contributed by atoms with E-state index >= 15 is 0 Å². The molecule has 8 nitrogen and oxygen atoms in total. The zero-order valence-electron chi connectivity index (χ0n) is 16.4. The van der Waals surface area contributed by atoms with E-state index in [4.69, 9.17) is 10.5 Å². The molecule has 0 saturated carbocycles. The van der Waals surface area contributed by atoms with E-state index in [1.165, 1.54) is 11.0 Å². The third-order valence-electron chi connectivity index (χ3n) is 4.45. The van der Waals surface area contributed by atoms with Crippen LogP contribution in [-0.2, 0) is 19.1 Å². The topological polar surface area (TPSA) is 105 Å². The van der Waals surface area contributed by atoms with Gasteiger partial charge in [-0.2, -0.15) is 0 Å². The molecule has 0 bridgehead atoms. The molecule has 1 aromatic rings. The average Bonchev–Trinajstić information content (AvgIpc) is 2.67. The number of carbonyl (C=O) groups is 3. The van der Waals surface area contributed by atoms with Crippen molar-refractivity contribution in [3.63, 3.8) is 0 Å². The highest BCUT2D eigenvalue weighted by atomic mass is 19.3. The highest BCUT2D eigenvalue weighted by Gasteiger charge is 2.35. The Bertz CT molecular complexity index is 832. The van der Waals surface area contributed by atoms with Crippen LogP contribution in [0.4, 0.5) is 37.7 Å². The van der Waals surface area contributed by atoms with Gasteiger partial charge in [-0.25, -0.2) is 26.3 Å². The molecule has 1 aliphatic rings. The molecule has 14 heteroatoms. The van der Waals surface area contributed by atoms with Crippen LogP contribution in [0.2, 0.25) is 0 Å². The number of alkyl halides is 6. The fourth-order valence-electron chi connectivity index (χ4n) is 3.12. The number of amides is 3. The van der Waals surface area contributed by atoms with Crippen molar-refractivity contribution >= 4 is 29.1 Å². The summed E-state index contributed by atoms with van der Waals surface area (Å²) in [6, 6.07) is 0.919. The van der Waals surface area contributed by atoms with E-state index in [9.17, 15) is 40.7 Å². The van der Waals surface area contributed by atoms with Crippen LogP contribution in [0.1, 0.15) is 12.0 Å². The van der Waals surface area contributed by atoms with Gasteiger partial charge in [0.15, 0.2) is 6.04 Å². The molecule has 1 atom stereocenters. The molecule has 3 N–H and O–H groups in total. The minimum atomic E-state index is -3.18. The largest absolute Gasteiger partial charge is 0.370 e. The number of ether oxygens (including phenoxy) is 1. The van der Waals surface area contributed by atoms with Gasteiger partial charge < -0.3 is 20.7 Å². The summed E-state index contributed by atoms with van der Waals surface area (Å²) < 4.78 is 83.2. The number of halogens is 6. The molecule has 1 heterocycles. The lowest BCUT2D eigenvalue weighted by Gasteiger charge is -2.29. The van der Waals surface area contributed by atoms with E-state index < -0.39 is 67.4 Å². The highest BCUT2D eigenvalue weighted by molar-refractivity contribution is 6.10. The number of benzene rings is 1. The zero-order chi connectivity index (χ0) is 24.0. The molecular weight excluding hydrogens is 450 g/mol. The molecule has 2 rings (SSSR count). The first kappa shape index (κ1) is 25.4. The second kappa shape index (κ2) is 11.1. The van der Waals surface area contributed by atoms with Gasteiger partial charge in [0.05, 0.1) is 19.7 Å². The Morgan fingerprint density at radius 3 is 2.25 bits per heavy atom. The van der Waals surface area contributed by atoms with E-state index in [1.54, 1.807) is 0 Å². The lowest BCUT2D eigenvalue weighted by atomic mass is 10.1. The number of anilines is 2. The highest BCUT2D eigenvalue weighted by Crippen LogP contribution is 2.32. The Hall–Kier alpha value is -2.87. The Kier molecular flexibility index (Phi) is 8.83. The minimum Gasteiger partial charge on any atom is -0.370 e. The molecular formula is C18H20F6N4O4. The normalized spacial score (nSPS) is 15.7. The minimum absolute atomic E-state index is 0.0927. The molecule has 32 heavy (non-hydrogen) atoms. The standard InChI is InChI=1S/C18H20F6N4O4/c19-12(20)6-27(7-13(21)22)15(17(25)30)18(31)26-11-2-1-9(5-10(11)16(23)24)28-3-4-32-8-14(28)29/h1-2,5,12-13,15-16H,3-4,6-8H2,(H2,25,30)(H,26,31)/t15-/m1/s1. The van der Waals surface area contributed by atoms with E-state index in [0.29, 0.717) is 0 Å². The number of rotatable bonds is 10. The quantitative estimate of drug-likeness (QED) is 0.400. The average molecular weight is 470 g/mol. The molecule has 178 valence electrons. The molecule has 0 aliphatic carbocycles. The van der Waals surface area contributed by atoms with Crippen LogP contribution in [0.25, 0.3) is 0 Å². The Balaban J connectivity index is 2.32. The van der Waals surface area contributed by atoms with E-state index in [1.807, 2.05) is 5.32 Å². The summed E-state index contributed by atoms with van der Waals surface area (Å²) in [6.07, 6.45) is -9.50. The van der Waals surface area contributed by atoms with Crippen LogP contribution in [-0.4, -0.2) is 74.4 Å². The maximum Gasteiger partial charge on any atom is 0.265 e. The van der Waals surface area contributed by atoms with Gasteiger partial charge in [0.25, 0.3) is 31.1 Å². The maximum absolute atomic E-state index is 13.6. The third kappa shape index (κ3) is 6.56. The molecule has 1 saturated heterocycles. The molecule has 1 aromatic carbocycles. The number of nitrogens with one attached hydrogen (secondary N) is 1. The summed E-state index contributed by atoms with van der Waals surface area (Å²) in [6.45, 7) is -2.70. The van der Waals surface area contributed by atoms with Gasteiger partial charge in [-0.1, -0.05) is 0 Å². The smallest absolute Gasteiger partial charge is 0.265 e. The number of primary amides is 1. The van der Waals surface area contributed by atoms with Gasteiger partial charge in [0.1, 0.15) is 6.61 Å². The Labute approximate surface area is 178 Å². The van der Waals surface area contributed by atoms with Crippen LogP contribution in [0.3, 0.4) is 0 Å². The van der Waals surface area contributed by atoms with Crippen molar-refractivity contribution in [1.82, 2.24) is 4.90 Å². The lowest BCUT2D eigenvalue weighted by molar-refractivity contribution is -0.134. The van der Waals surface area contributed by atoms with Crippen LogP contribution < -0.4 is 16.0 Å². The first-order chi connectivity index (χ1) is 15.0. The summed E-state index contributed by atoms with van der Waals surface area (Å²) in [4.78, 5) is 37.5. The number of nitrogens with zero attached hydrogens (tertiary/aromatic N) is 2. The van der Waals surface area contributed by atoms with Crippen molar-refractivity contribution in [2.75, 3.05) is 43.1 Å². The van der Waals surface area contributed by atoms with Crippen LogP contribution in [0.5, 0.6) is 0 Å². The number of hydrogen-bond acceptors (Lipinski definition) is 5. The number of nitrogens with two attached hydrogens (primary N) is 1. The second-order valence-corrected chi connectivity index (χ2v) is 6.70. The van der Waals surface area contributed by atoms with Crippen molar-refractivity contribution < 1.29 is 45.5 Å². The van der Waals surface area contributed by atoms with Crippen molar-refractivity contribution in [3.8, 4) is 0 Å². The first-order valence-corrected chi connectivity index (χ1v) is 9.22. The summed E-state index contributed by atoms with van der Waals surface area (Å²) in [5, 5.41) is 1.96. The number of morpholine rings is 1. The van der Waals surface area contributed by atoms with Crippen molar-refractivity contribution in [2.24, 2.45) is 5.73 Å². The Morgan fingerprint density at radius 1 is 1.12 bits per heavy atom. The van der Waals surface area contributed by atoms with Gasteiger partial charge in [-0.15, -0.1) is 0 Å². The van der Waals surface area contributed by atoms with E-state index in [0.717, 1.165) is 12.1 Å². The number of carbonyl (C=O) groups excluding carboxylic acids is 3. The van der Waals surface area contributed by atoms with Crippen molar-refractivity contribution in [1.29, 1.82) is 0 Å². The summed E-state index contributed by atoms with van der Waals surface area (Å²) in [7, 11) is 0. The van der Waals surface area contributed by atoms with Crippen LogP contribution in [0.15, 0.2) is 18.2 Å². The summed E-state index contributed by atoms with van der Waals surface area (Å²) in [5.41, 5.74) is 3.89. The van der Waals surface area contributed by atoms with Crippen molar-refractivity contribution in [3.05, 3.63) is 23.8 Å². The second-order valence-electron chi connectivity index (χ2n) is 6.70. The Morgan fingerprint density at radius 2 is 1.75 bits per heavy atom. The van der Waals surface area contributed by atoms with Gasteiger partial charge in [0.2, 0.25) is 5.91 Å². The van der Waals surface area contributed by atoms with Gasteiger partial charge in [0, 0.05) is 23.5 Å². The molecule has 0 radical (unpaired) electrons. The van der Waals surface area contributed by atoms with Gasteiger partial charge >= 0.3 is 0 Å². The predicted molar refractivity (Wildman–Crippen MR) is 99.8 cm³/mol. The predicted octanol–water partition coefficient (Wildman–Crippen LogP) is 1.61. The van der Waals surface area contributed by atoms with Gasteiger partial charge in [-0.3, -0.25) is 19.3 Å². The molecule has 1 fully saturated rings.